The third-order valence-corrected chi connectivity index (χ3v) is 6.59. The Morgan fingerprint density at radius 3 is 2.00 bits per heavy atom. The summed E-state index contributed by atoms with van der Waals surface area (Å²) in [6, 6.07) is 10.7. The highest BCUT2D eigenvalue weighted by Gasteiger charge is 2.25. The Balaban J connectivity index is 1.82. The Labute approximate surface area is 167 Å². The van der Waals surface area contributed by atoms with Gasteiger partial charge in [0.25, 0.3) is 15.9 Å². The number of carbonyl (C=O) groups excluding carboxylic acids is 1. The van der Waals surface area contributed by atoms with Gasteiger partial charge in [-0.2, -0.15) is 0 Å². The number of hydrogen-bond acceptors (Lipinski definition) is 3. The highest BCUT2D eigenvalue weighted by molar-refractivity contribution is 7.92. The third-order valence-electron chi connectivity index (χ3n) is 4.91. The van der Waals surface area contributed by atoms with Crippen molar-refractivity contribution in [3.63, 3.8) is 0 Å². The zero-order valence-electron chi connectivity index (χ0n) is 17.1. The maximum absolute atomic E-state index is 13.0. The second-order valence-electron chi connectivity index (χ2n) is 8.62. The molecule has 1 fully saturated rings. The average Bonchev–Trinajstić information content (AvgIpc) is 3.37. The first kappa shape index (κ1) is 20.4. The van der Waals surface area contributed by atoms with Gasteiger partial charge in [0.2, 0.25) is 0 Å². The van der Waals surface area contributed by atoms with Crippen LogP contribution in [0.25, 0.3) is 0 Å². The number of aryl methyl sites for hydroxylation is 2. The summed E-state index contributed by atoms with van der Waals surface area (Å²) in [4.78, 5) is 12.4. The molecule has 2 aromatic carbocycles. The molecule has 0 radical (unpaired) electrons. The van der Waals surface area contributed by atoms with E-state index < -0.39 is 10.0 Å². The van der Waals surface area contributed by atoms with E-state index in [1.54, 1.807) is 24.3 Å². The monoisotopic (exact) mass is 400 g/mol. The lowest BCUT2D eigenvalue weighted by atomic mass is 9.85. The van der Waals surface area contributed by atoms with E-state index in [0.717, 1.165) is 29.5 Å². The molecule has 0 heterocycles. The fraction of sp³-hybridized carbons (Fsp3) is 0.409. The molecule has 2 aromatic rings. The lowest BCUT2D eigenvalue weighted by molar-refractivity contribution is 0.0951. The number of anilines is 1. The molecule has 3 rings (SSSR count). The first-order chi connectivity index (χ1) is 13.0. The van der Waals surface area contributed by atoms with Crippen LogP contribution < -0.4 is 10.0 Å². The van der Waals surface area contributed by atoms with Gasteiger partial charge in [-0.15, -0.1) is 0 Å². The summed E-state index contributed by atoms with van der Waals surface area (Å²) in [7, 11) is -3.73. The highest BCUT2D eigenvalue weighted by atomic mass is 32.2. The van der Waals surface area contributed by atoms with Crippen LogP contribution in [0.1, 0.15) is 60.7 Å². The number of amides is 1. The molecule has 0 aromatic heterocycles. The zero-order valence-corrected chi connectivity index (χ0v) is 17.9. The first-order valence-corrected chi connectivity index (χ1v) is 11.0. The molecule has 5 nitrogen and oxygen atoms in total. The third kappa shape index (κ3) is 4.55. The van der Waals surface area contributed by atoms with Crippen molar-refractivity contribution in [2.24, 2.45) is 0 Å². The van der Waals surface area contributed by atoms with Crippen LogP contribution in [0.4, 0.5) is 5.69 Å². The smallest absolute Gasteiger partial charge is 0.262 e. The lowest BCUT2D eigenvalue weighted by Crippen LogP contribution is -2.25. The molecular weight excluding hydrogens is 372 g/mol. The molecule has 1 aliphatic rings. The Hall–Kier alpha value is -2.34. The van der Waals surface area contributed by atoms with Crippen LogP contribution >= 0.6 is 0 Å². The van der Waals surface area contributed by atoms with Crippen LogP contribution in [-0.4, -0.2) is 20.4 Å². The van der Waals surface area contributed by atoms with Gasteiger partial charge in [-0.05, 0) is 73.1 Å². The van der Waals surface area contributed by atoms with E-state index in [-0.39, 0.29) is 17.4 Å². The Bertz CT molecular complexity index is 976. The van der Waals surface area contributed by atoms with Gasteiger partial charge in [0.15, 0.2) is 0 Å². The van der Waals surface area contributed by atoms with E-state index in [0.29, 0.717) is 16.1 Å². The van der Waals surface area contributed by atoms with Crippen LogP contribution in [-0.2, 0) is 15.4 Å². The Morgan fingerprint density at radius 1 is 1.00 bits per heavy atom. The maximum atomic E-state index is 13.0. The highest BCUT2D eigenvalue weighted by Crippen LogP contribution is 2.30. The molecule has 6 heteroatoms. The van der Waals surface area contributed by atoms with Gasteiger partial charge < -0.3 is 5.32 Å². The summed E-state index contributed by atoms with van der Waals surface area (Å²) in [5.41, 5.74) is 3.45. The van der Waals surface area contributed by atoms with Crippen molar-refractivity contribution in [2.45, 2.75) is 63.8 Å². The second kappa shape index (κ2) is 7.24. The number of hydrogen-bond donors (Lipinski definition) is 2. The molecule has 2 N–H and O–H groups in total. The van der Waals surface area contributed by atoms with Gasteiger partial charge in [-0.3, -0.25) is 9.52 Å². The summed E-state index contributed by atoms with van der Waals surface area (Å²) in [6.07, 6.45) is 2.05. The van der Waals surface area contributed by atoms with E-state index >= 15 is 0 Å². The largest absolute Gasteiger partial charge is 0.349 e. The van der Waals surface area contributed by atoms with Crippen molar-refractivity contribution >= 4 is 21.6 Å². The summed E-state index contributed by atoms with van der Waals surface area (Å²) < 4.78 is 28.6. The SMILES string of the molecule is Cc1cc(C(C)(C)C)cc(C)c1S(=O)(=O)Nc1ccc(C(=O)NC2CC2)cc1. The van der Waals surface area contributed by atoms with Crippen molar-refractivity contribution in [3.05, 3.63) is 58.7 Å². The summed E-state index contributed by atoms with van der Waals surface area (Å²) in [5.74, 6) is -0.124. The fourth-order valence-electron chi connectivity index (χ4n) is 3.20. The molecule has 1 amide bonds. The fourth-order valence-corrected chi connectivity index (χ4v) is 4.71. The molecule has 1 aliphatic carbocycles. The minimum Gasteiger partial charge on any atom is -0.349 e. The summed E-state index contributed by atoms with van der Waals surface area (Å²) >= 11 is 0. The second-order valence-corrected chi connectivity index (χ2v) is 10.2. The molecule has 150 valence electrons. The number of nitrogens with one attached hydrogen (secondary N) is 2. The van der Waals surface area contributed by atoms with Gasteiger partial charge in [0, 0.05) is 17.3 Å². The molecule has 0 bridgehead atoms. The molecule has 28 heavy (non-hydrogen) atoms. The summed E-state index contributed by atoms with van der Waals surface area (Å²) in [5, 5.41) is 2.92. The lowest BCUT2D eigenvalue weighted by Gasteiger charge is -2.22. The van der Waals surface area contributed by atoms with Crippen LogP contribution in [0.2, 0.25) is 0 Å². The van der Waals surface area contributed by atoms with Gasteiger partial charge in [-0.1, -0.05) is 32.9 Å². The molecule has 0 spiro atoms. The molecule has 0 aliphatic heterocycles. The van der Waals surface area contributed by atoms with E-state index in [9.17, 15) is 13.2 Å². The van der Waals surface area contributed by atoms with E-state index in [2.05, 4.69) is 30.8 Å². The Morgan fingerprint density at radius 2 is 1.54 bits per heavy atom. The van der Waals surface area contributed by atoms with Crippen LogP contribution in [0.5, 0.6) is 0 Å². The van der Waals surface area contributed by atoms with Gasteiger partial charge in [-0.25, -0.2) is 8.42 Å². The number of carbonyl (C=O) groups is 1. The molecule has 0 atom stereocenters. The predicted octanol–water partition coefficient (Wildman–Crippen LogP) is 4.29. The molecule has 0 saturated heterocycles. The minimum absolute atomic E-state index is 0.0535. The Kier molecular flexibility index (Phi) is 5.28. The first-order valence-electron chi connectivity index (χ1n) is 9.53. The van der Waals surface area contributed by atoms with Crippen LogP contribution in [0, 0.1) is 13.8 Å². The van der Waals surface area contributed by atoms with E-state index in [1.807, 2.05) is 26.0 Å². The maximum Gasteiger partial charge on any atom is 0.262 e. The number of sulfonamides is 1. The van der Waals surface area contributed by atoms with Gasteiger partial charge in [0.05, 0.1) is 4.90 Å². The molecular formula is C22H28N2O3S. The normalized spacial score (nSPS) is 14.6. The van der Waals surface area contributed by atoms with Crippen molar-refractivity contribution in [1.29, 1.82) is 0 Å². The van der Waals surface area contributed by atoms with Crippen LogP contribution in [0.3, 0.4) is 0 Å². The number of rotatable bonds is 5. The molecule has 0 unspecified atom stereocenters. The van der Waals surface area contributed by atoms with Crippen molar-refractivity contribution in [2.75, 3.05) is 4.72 Å². The average molecular weight is 401 g/mol. The number of benzene rings is 2. The predicted molar refractivity (Wildman–Crippen MR) is 112 cm³/mol. The van der Waals surface area contributed by atoms with Crippen molar-refractivity contribution in [3.8, 4) is 0 Å². The summed E-state index contributed by atoms with van der Waals surface area (Å²) in [6.45, 7) is 9.96. The zero-order chi connectivity index (χ0) is 20.7. The van der Waals surface area contributed by atoms with Crippen LogP contribution in [0.15, 0.2) is 41.3 Å². The standard InChI is InChI=1S/C22H28N2O3S/c1-14-12-17(22(3,4)5)13-15(2)20(14)28(26,27)24-19-8-6-16(7-9-19)21(25)23-18-10-11-18/h6-9,12-13,18,24H,10-11H2,1-5H3,(H,23,25). The molecule has 1 saturated carbocycles. The van der Waals surface area contributed by atoms with Crippen molar-refractivity contribution < 1.29 is 13.2 Å². The van der Waals surface area contributed by atoms with Crippen molar-refractivity contribution in [1.82, 2.24) is 5.32 Å². The topological polar surface area (TPSA) is 75.3 Å². The van der Waals surface area contributed by atoms with Gasteiger partial charge >= 0.3 is 0 Å². The van der Waals surface area contributed by atoms with Gasteiger partial charge in [0.1, 0.15) is 0 Å². The van der Waals surface area contributed by atoms with E-state index in [4.69, 9.17) is 0 Å². The minimum atomic E-state index is -3.73. The quantitative estimate of drug-likeness (QED) is 0.786. The van der Waals surface area contributed by atoms with E-state index in [1.165, 1.54) is 0 Å².